The first kappa shape index (κ1) is 23.6. The molecule has 0 aliphatic heterocycles. The fourth-order valence-corrected chi connectivity index (χ4v) is 4.43. The minimum Gasteiger partial charge on any atom is -0.497 e. The van der Waals surface area contributed by atoms with Crippen LogP contribution in [0.15, 0.2) is 61.2 Å². The first-order chi connectivity index (χ1) is 16.4. The number of ether oxygens (including phenoxy) is 2. The van der Waals surface area contributed by atoms with Crippen molar-refractivity contribution in [3.8, 4) is 22.6 Å². The SMILES string of the molecule is C=Cc1ccc(-c2ccc(OC(=O)C3CCC(c4ccc(OC)cc4F)CC3)c(F)c2F)cc1. The number of benzene rings is 3. The van der Waals surface area contributed by atoms with Gasteiger partial charge in [0.1, 0.15) is 11.6 Å². The van der Waals surface area contributed by atoms with Gasteiger partial charge in [-0.3, -0.25) is 4.79 Å². The predicted octanol–water partition coefficient (Wildman–Crippen LogP) is 7.30. The Morgan fingerprint density at radius 1 is 0.941 bits per heavy atom. The zero-order valence-corrected chi connectivity index (χ0v) is 18.8. The Bertz CT molecular complexity index is 1200. The lowest BCUT2D eigenvalue weighted by Crippen LogP contribution is -2.25. The molecule has 0 N–H and O–H groups in total. The highest BCUT2D eigenvalue weighted by atomic mass is 19.2. The van der Waals surface area contributed by atoms with E-state index in [2.05, 4.69) is 6.58 Å². The van der Waals surface area contributed by atoms with Crippen molar-refractivity contribution in [1.29, 1.82) is 0 Å². The second-order valence-corrected chi connectivity index (χ2v) is 8.42. The number of methoxy groups -OCH3 is 1. The van der Waals surface area contributed by atoms with Crippen LogP contribution < -0.4 is 9.47 Å². The van der Waals surface area contributed by atoms with E-state index in [1.165, 1.54) is 25.3 Å². The van der Waals surface area contributed by atoms with E-state index >= 15 is 0 Å². The molecular weight excluding hydrogens is 441 g/mol. The molecule has 34 heavy (non-hydrogen) atoms. The molecule has 4 rings (SSSR count). The van der Waals surface area contributed by atoms with Crippen molar-refractivity contribution in [2.75, 3.05) is 7.11 Å². The van der Waals surface area contributed by atoms with Crippen LogP contribution in [0, 0.1) is 23.4 Å². The van der Waals surface area contributed by atoms with Crippen LogP contribution in [0.25, 0.3) is 17.2 Å². The Hall–Kier alpha value is -3.54. The van der Waals surface area contributed by atoms with Crippen molar-refractivity contribution in [3.05, 3.63) is 89.8 Å². The molecular formula is C28H25F3O3. The molecule has 3 nitrogen and oxygen atoms in total. The Morgan fingerprint density at radius 3 is 2.26 bits per heavy atom. The lowest BCUT2D eigenvalue weighted by atomic mass is 9.78. The molecule has 0 heterocycles. The second kappa shape index (κ2) is 10.2. The van der Waals surface area contributed by atoms with E-state index in [4.69, 9.17) is 9.47 Å². The molecule has 1 saturated carbocycles. The van der Waals surface area contributed by atoms with Gasteiger partial charge in [0.05, 0.1) is 13.0 Å². The molecule has 1 aliphatic rings. The Kier molecular flexibility index (Phi) is 7.06. The van der Waals surface area contributed by atoms with Crippen molar-refractivity contribution < 1.29 is 27.4 Å². The van der Waals surface area contributed by atoms with Crippen LogP contribution in [0.4, 0.5) is 13.2 Å². The molecule has 0 bridgehead atoms. The van der Waals surface area contributed by atoms with Crippen LogP contribution in [-0.2, 0) is 4.79 Å². The Labute approximate surface area is 196 Å². The molecule has 0 amide bonds. The highest BCUT2D eigenvalue weighted by molar-refractivity contribution is 5.76. The lowest BCUT2D eigenvalue weighted by Gasteiger charge is -2.27. The normalized spacial score (nSPS) is 17.8. The maximum atomic E-state index is 14.7. The number of hydrogen-bond donors (Lipinski definition) is 0. The Morgan fingerprint density at radius 2 is 1.65 bits per heavy atom. The van der Waals surface area contributed by atoms with Gasteiger partial charge in [-0.15, -0.1) is 0 Å². The average molecular weight is 466 g/mol. The van der Waals surface area contributed by atoms with Crippen molar-refractivity contribution in [2.24, 2.45) is 5.92 Å². The molecule has 0 unspecified atom stereocenters. The maximum Gasteiger partial charge on any atom is 0.314 e. The molecule has 6 heteroatoms. The summed E-state index contributed by atoms with van der Waals surface area (Å²) in [4.78, 5) is 12.6. The van der Waals surface area contributed by atoms with Gasteiger partial charge in [-0.05, 0) is 66.5 Å². The number of halogens is 3. The molecule has 0 atom stereocenters. The number of hydrogen-bond acceptors (Lipinski definition) is 3. The zero-order chi connectivity index (χ0) is 24.2. The van der Waals surface area contributed by atoms with Crippen LogP contribution in [0.5, 0.6) is 11.5 Å². The summed E-state index contributed by atoms with van der Waals surface area (Å²) in [6, 6.07) is 14.3. The average Bonchev–Trinajstić information content (AvgIpc) is 2.87. The minimum atomic E-state index is -1.20. The van der Waals surface area contributed by atoms with E-state index in [0.29, 0.717) is 42.6 Å². The fraction of sp³-hybridized carbons (Fsp3) is 0.250. The number of carbonyl (C=O) groups is 1. The van der Waals surface area contributed by atoms with Gasteiger partial charge < -0.3 is 9.47 Å². The first-order valence-electron chi connectivity index (χ1n) is 11.2. The van der Waals surface area contributed by atoms with E-state index in [1.54, 1.807) is 42.5 Å². The van der Waals surface area contributed by atoms with Gasteiger partial charge in [0.15, 0.2) is 11.6 Å². The van der Waals surface area contributed by atoms with Crippen LogP contribution in [0.3, 0.4) is 0 Å². The molecule has 0 radical (unpaired) electrons. The van der Waals surface area contributed by atoms with E-state index in [9.17, 15) is 18.0 Å². The van der Waals surface area contributed by atoms with Gasteiger partial charge in [0.25, 0.3) is 0 Å². The molecule has 1 aliphatic carbocycles. The van der Waals surface area contributed by atoms with Crippen LogP contribution in [0.2, 0.25) is 0 Å². The van der Waals surface area contributed by atoms with Crippen molar-refractivity contribution in [1.82, 2.24) is 0 Å². The summed E-state index contributed by atoms with van der Waals surface area (Å²) in [6.07, 6.45) is 3.81. The summed E-state index contributed by atoms with van der Waals surface area (Å²) in [7, 11) is 1.48. The number of rotatable bonds is 6. The third-order valence-corrected chi connectivity index (χ3v) is 6.42. The van der Waals surface area contributed by atoms with Gasteiger partial charge in [-0.1, -0.05) is 43.0 Å². The first-order valence-corrected chi connectivity index (χ1v) is 11.2. The third kappa shape index (κ3) is 4.86. The van der Waals surface area contributed by atoms with E-state index < -0.39 is 29.3 Å². The van der Waals surface area contributed by atoms with Gasteiger partial charge in [-0.2, -0.15) is 4.39 Å². The highest BCUT2D eigenvalue weighted by Crippen LogP contribution is 2.38. The molecule has 0 aromatic heterocycles. The summed E-state index contributed by atoms with van der Waals surface area (Å²) < 4.78 is 54.1. The molecule has 3 aromatic rings. The summed E-state index contributed by atoms with van der Waals surface area (Å²) in [5, 5.41) is 0. The topological polar surface area (TPSA) is 35.5 Å². The standard InChI is InChI=1S/C28H25F3O3/c1-3-17-4-6-19(7-5-17)23-14-15-25(27(31)26(23)30)34-28(32)20-10-8-18(9-11-20)22-13-12-21(33-2)16-24(22)29/h3-7,12-16,18,20H,1,8-11H2,2H3. The highest BCUT2D eigenvalue weighted by Gasteiger charge is 2.30. The smallest absolute Gasteiger partial charge is 0.314 e. The fourth-order valence-electron chi connectivity index (χ4n) is 4.43. The van der Waals surface area contributed by atoms with Gasteiger partial charge >= 0.3 is 5.97 Å². The zero-order valence-electron chi connectivity index (χ0n) is 18.8. The molecule has 1 fully saturated rings. The number of esters is 1. The third-order valence-electron chi connectivity index (χ3n) is 6.42. The van der Waals surface area contributed by atoms with Gasteiger partial charge in [0.2, 0.25) is 5.82 Å². The van der Waals surface area contributed by atoms with E-state index in [1.807, 2.05) is 0 Å². The monoisotopic (exact) mass is 466 g/mol. The van der Waals surface area contributed by atoms with Crippen LogP contribution >= 0.6 is 0 Å². The van der Waals surface area contributed by atoms with Crippen LogP contribution in [0.1, 0.15) is 42.7 Å². The van der Waals surface area contributed by atoms with E-state index in [0.717, 1.165) is 5.56 Å². The van der Waals surface area contributed by atoms with Gasteiger partial charge in [-0.25, -0.2) is 8.78 Å². The molecule has 176 valence electrons. The lowest BCUT2D eigenvalue weighted by molar-refractivity contribution is -0.140. The minimum absolute atomic E-state index is 0.0177. The molecule has 3 aromatic carbocycles. The predicted molar refractivity (Wildman–Crippen MR) is 125 cm³/mol. The summed E-state index contributed by atoms with van der Waals surface area (Å²) in [5.74, 6) is -3.66. The second-order valence-electron chi connectivity index (χ2n) is 8.42. The van der Waals surface area contributed by atoms with Crippen LogP contribution in [-0.4, -0.2) is 13.1 Å². The summed E-state index contributed by atoms with van der Waals surface area (Å²) in [5.41, 5.74) is 2.04. The van der Waals surface area contributed by atoms with Crippen molar-refractivity contribution in [3.63, 3.8) is 0 Å². The summed E-state index contributed by atoms with van der Waals surface area (Å²) >= 11 is 0. The summed E-state index contributed by atoms with van der Waals surface area (Å²) in [6.45, 7) is 3.67. The van der Waals surface area contributed by atoms with E-state index in [-0.39, 0.29) is 17.3 Å². The maximum absolute atomic E-state index is 14.7. The Balaban J connectivity index is 1.41. The van der Waals surface area contributed by atoms with Gasteiger partial charge in [0, 0.05) is 11.6 Å². The van der Waals surface area contributed by atoms with Crippen molar-refractivity contribution >= 4 is 12.0 Å². The molecule has 0 saturated heterocycles. The molecule has 0 spiro atoms. The number of carbonyl (C=O) groups excluding carboxylic acids is 1. The quantitative estimate of drug-likeness (QED) is 0.282. The van der Waals surface area contributed by atoms with Crippen molar-refractivity contribution in [2.45, 2.75) is 31.6 Å². The largest absolute Gasteiger partial charge is 0.497 e.